The summed E-state index contributed by atoms with van der Waals surface area (Å²) >= 11 is 0. The van der Waals surface area contributed by atoms with Crippen molar-refractivity contribution in [1.82, 2.24) is 9.80 Å². The summed E-state index contributed by atoms with van der Waals surface area (Å²) in [6.07, 6.45) is 2.37. The monoisotopic (exact) mass is 212 g/mol. The van der Waals surface area contributed by atoms with Crippen LogP contribution in [0.5, 0.6) is 0 Å². The Kier molecular flexibility index (Phi) is 5.36. The Balaban J connectivity index is 2.09. The van der Waals surface area contributed by atoms with Crippen LogP contribution in [-0.4, -0.2) is 62.1 Å². The van der Waals surface area contributed by atoms with Crippen molar-refractivity contribution >= 4 is 5.91 Å². The third-order valence-corrected chi connectivity index (χ3v) is 2.62. The number of hydrogen-bond donors (Lipinski definition) is 0. The second kappa shape index (κ2) is 6.58. The maximum Gasteiger partial charge on any atom is 0.245 e. The molecule has 1 saturated heterocycles. The second-order valence-electron chi connectivity index (χ2n) is 3.77. The van der Waals surface area contributed by atoms with Crippen LogP contribution in [0.1, 0.15) is 6.42 Å². The number of amides is 1. The summed E-state index contributed by atoms with van der Waals surface area (Å²) in [7, 11) is 1.81. The van der Waals surface area contributed by atoms with Gasteiger partial charge in [-0.05, 0) is 12.5 Å². The van der Waals surface area contributed by atoms with Gasteiger partial charge in [0.1, 0.15) is 0 Å². The molecule has 0 bridgehead atoms. The van der Waals surface area contributed by atoms with Crippen LogP contribution in [0.2, 0.25) is 0 Å². The number of hydrogen-bond acceptors (Lipinski definition) is 3. The average molecular weight is 212 g/mol. The van der Waals surface area contributed by atoms with E-state index in [1.165, 1.54) is 6.08 Å². The lowest BCUT2D eigenvalue weighted by Crippen LogP contribution is -2.38. The number of rotatable bonds is 5. The first-order valence-electron chi connectivity index (χ1n) is 5.41. The summed E-state index contributed by atoms with van der Waals surface area (Å²) in [5.41, 5.74) is 0. The molecule has 1 fully saturated rings. The van der Waals surface area contributed by atoms with Gasteiger partial charge in [0, 0.05) is 33.2 Å². The van der Waals surface area contributed by atoms with Crippen molar-refractivity contribution in [1.29, 1.82) is 0 Å². The molecular weight excluding hydrogens is 192 g/mol. The number of likely N-dealkylation sites (N-methyl/N-ethyl adjacent to an activating group) is 1. The molecule has 0 N–H and O–H groups in total. The standard InChI is InChI=1S/C11H20N2O2/c1-3-11(14)12(2)5-4-6-13-7-9-15-10-8-13/h3H,1,4-10H2,2H3. The summed E-state index contributed by atoms with van der Waals surface area (Å²) in [6.45, 7) is 8.99. The fraction of sp³-hybridized carbons (Fsp3) is 0.727. The summed E-state index contributed by atoms with van der Waals surface area (Å²) in [5, 5.41) is 0. The molecule has 0 unspecified atom stereocenters. The maximum atomic E-state index is 11.2. The van der Waals surface area contributed by atoms with Gasteiger partial charge < -0.3 is 9.64 Å². The van der Waals surface area contributed by atoms with Crippen molar-refractivity contribution in [3.63, 3.8) is 0 Å². The summed E-state index contributed by atoms with van der Waals surface area (Å²) in [4.78, 5) is 15.2. The van der Waals surface area contributed by atoms with E-state index in [0.717, 1.165) is 45.8 Å². The van der Waals surface area contributed by atoms with E-state index in [-0.39, 0.29) is 5.91 Å². The summed E-state index contributed by atoms with van der Waals surface area (Å²) < 4.78 is 5.26. The molecule has 1 rings (SSSR count). The Hall–Kier alpha value is -0.870. The first-order chi connectivity index (χ1) is 7.24. The van der Waals surface area contributed by atoms with Crippen molar-refractivity contribution in [3.8, 4) is 0 Å². The van der Waals surface area contributed by atoms with Gasteiger partial charge in [0.25, 0.3) is 0 Å². The highest BCUT2D eigenvalue weighted by atomic mass is 16.5. The Morgan fingerprint density at radius 3 is 2.80 bits per heavy atom. The van der Waals surface area contributed by atoms with Crippen LogP contribution < -0.4 is 0 Å². The Morgan fingerprint density at radius 2 is 2.20 bits per heavy atom. The largest absolute Gasteiger partial charge is 0.379 e. The number of nitrogens with zero attached hydrogens (tertiary/aromatic N) is 2. The average Bonchev–Trinajstić information content (AvgIpc) is 2.29. The molecule has 0 aliphatic carbocycles. The molecule has 15 heavy (non-hydrogen) atoms. The summed E-state index contributed by atoms with van der Waals surface area (Å²) in [6, 6.07) is 0. The van der Waals surface area contributed by atoms with Gasteiger partial charge in [-0.25, -0.2) is 0 Å². The van der Waals surface area contributed by atoms with E-state index in [4.69, 9.17) is 4.74 Å². The van der Waals surface area contributed by atoms with Crippen molar-refractivity contribution in [2.75, 3.05) is 46.4 Å². The summed E-state index contributed by atoms with van der Waals surface area (Å²) in [5.74, 6) is -0.00280. The molecule has 1 heterocycles. The molecule has 86 valence electrons. The topological polar surface area (TPSA) is 32.8 Å². The van der Waals surface area contributed by atoms with Crippen molar-refractivity contribution in [3.05, 3.63) is 12.7 Å². The molecule has 0 radical (unpaired) electrons. The molecule has 0 aromatic rings. The zero-order valence-corrected chi connectivity index (χ0v) is 9.45. The van der Waals surface area contributed by atoms with Crippen molar-refractivity contribution in [2.45, 2.75) is 6.42 Å². The number of morpholine rings is 1. The van der Waals surface area contributed by atoms with Crippen LogP contribution in [0.3, 0.4) is 0 Å². The van der Waals surface area contributed by atoms with Gasteiger partial charge in [0.05, 0.1) is 13.2 Å². The lowest BCUT2D eigenvalue weighted by atomic mass is 10.3. The van der Waals surface area contributed by atoms with Crippen LogP contribution in [0.25, 0.3) is 0 Å². The molecule has 0 spiro atoms. The van der Waals surface area contributed by atoms with E-state index in [1.807, 2.05) is 7.05 Å². The third-order valence-electron chi connectivity index (χ3n) is 2.62. The zero-order chi connectivity index (χ0) is 11.1. The molecular formula is C11H20N2O2. The normalized spacial score (nSPS) is 17.4. The van der Waals surface area contributed by atoms with E-state index < -0.39 is 0 Å². The molecule has 4 heteroatoms. The van der Waals surface area contributed by atoms with Crippen LogP contribution in [0.4, 0.5) is 0 Å². The molecule has 4 nitrogen and oxygen atoms in total. The highest BCUT2D eigenvalue weighted by Crippen LogP contribution is 1.99. The van der Waals surface area contributed by atoms with Crippen LogP contribution >= 0.6 is 0 Å². The molecule has 1 aliphatic rings. The Morgan fingerprint density at radius 1 is 1.53 bits per heavy atom. The molecule has 1 amide bonds. The van der Waals surface area contributed by atoms with Crippen LogP contribution in [0, 0.1) is 0 Å². The van der Waals surface area contributed by atoms with Gasteiger partial charge in [-0.3, -0.25) is 9.69 Å². The zero-order valence-electron chi connectivity index (χ0n) is 9.45. The van der Waals surface area contributed by atoms with Gasteiger partial charge in [-0.15, -0.1) is 0 Å². The fourth-order valence-electron chi connectivity index (χ4n) is 1.62. The van der Waals surface area contributed by atoms with Gasteiger partial charge in [-0.1, -0.05) is 6.58 Å². The predicted molar refractivity (Wildman–Crippen MR) is 59.7 cm³/mol. The number of carbonyl (C=O) groups is 1. The fourth-order valence-corrected chi connectivity index (χ4v) is 1.62. The minimum Gasteiger partial charge on any atom is -0.379 e. The Labute approximate surface area is 91.5 Å². The lowest BCUT2D eigenvalue weighted by Gasteiger charge is -2.27. The first-order valence-corrected chi connectivity index (χ1v) is 5.41. The molecule has 1 aliphatic heterocycles. The van der Waals surface area contributed by atoms with Gasteiger partial charge in [0.2, 0.25) is 5.91 Å². The SMILES string of the molecule is C=CC(=O)N(C)CCCN1CCOCC1. The smallest absolute Gasteiger partial charge is 0.245 e. The van der Waals surface area contributed by atoms with Gasteiger partial charge in [0.15, 0.2) is 0 Å². The van der Waals surface area contributed by atoms with Gasteiger partial charge >= 0.3 is 0 Å². The quantitative estimate of drug-likeness (QED) is 0.617. The minimum absolute atomic E-state index is 0.00280. The van der Waals surface area contributed by atoms with E-state index in [0.29, 0.717) is 0 Å². The molecule has 0 saturated carbocycles. The maximum absolute atomic E-state index is 11.2. The highest BCUT2D eigenvalue weighted by Gasteiger charge is 2.10. The second-order valence-corrected chi connectivity index (χ2v) is 3.77. The molecule has 0 atom stereocenters. The first kappa shape index (κ1) is 12.2. The minimum atomic E-state index is -0.00280. The van der Waals surface area contributed by atoms with Crippen LogP contribution in [-0.2, 0) is 9.53 Å². The number of ether oxygens (including phenoxy) is 1. The van der Waals surface area contributed by atoms with Crippen molar-refractivity contribution < 1.29 is 9.53 Å². The van der Waals surface area contributed by atoms with E-state index >= 15 is 0 Å². The van der Waals surface area contributed by atoms with Crippen LogP contribution in [0.15, 0.2) is 12.7 Å². The van der Waals surface area contributed by atoms with E-state index in [9.17, 15) is 4.79 Å². The third kappa shape index (κ3) is 4.44. The lowest BCUT2D eigenvalue weighted by molar-refractivity contribution is -0.124. The predicted octanol–water partition coefficient (Wildman–Crippen LogP) is 0.353. The Bertz CT molecular complexity index is 213. The highest BCUT2D eigenvalue weighted by molar-refractivity contribution is 5.86. The van der Waals surface area contributed by atoms with Gasteiger partial charge in [-0.2, -0.15) is 0 Å². The number of carbonyl (C=O) groups excluding carboxylic acids is 1. The molecule has 0 aromatic carbocycles. The van der Waals surface area contributed by atoms with Crippen molar-refractivity contribution in [2.24, 2.45) is 0 Å². The van der Waals surface area contributed by atoms with E-state index in [2.05, 4.69) is 11.5 Å². The van der Waals surface area contributed by atoms with E-state index in [1.54, 1.807) is 4.90 Å². The molecule has 0 aromatic heterocycles.